The number of para-hydroxylation sites is 1. The minimum Gasteiger partial charge on any atom is -0.325 e. The Balaban J connectivity index is 1.66. The lowest BCUT2D eigenvalue weighted by atomic mass is 10.0. The van der Waals surface area contributed by atoms with E-state index >= 15 is 0 Å². The van der Waals surface area contributed by atoms with E-state index in [2.05, 4.69) is 27.9 Å². The van der Waals surface area contributed by atoms with E-state index in [1.807, 2.05) is 65.3 Å². The van der Waals surface area contributed by atoms with Gasteiger partial charge >= 0.3 is 0 Å². The smallest absolute Gasteiger partial charge is 0.240 e. The largest absolute Gasteiger partial charge is 0.325 e. The molecule has 3 aromatic rings. The second kappa shape index (κ2) is 7.84. The first-order valence-corrected chi connectivity index (χ1v) is 9.92. The molecule has 1 amide bonds. The van der Waals surface area contributed by atoms with Crippen molar-refractivity contribution in [2.45, 2.75) is 36.2 Å². The van der Waals surface area contributed by atoms with Crippen molar-refractivity contribution in [2.75, 3.05) is 10.7 Å². The van der Waals surface area contributed by atoms with Gasteiger partial charge in [-0.25, -0.2) is 4.68 Å². The van der Waals surface area contributed by atoms with Gasteiger partial charge in [0.25, 0.3) is 0 Å². The van der Waals surface area contributed by atoms with Gasteiger partial charge in [-0.1, -0.05) is 67.2 Å². The molecule has 1 aliphatic heterocycles. The van der Waals surface area contributed by atoms with E-state index in [0.717, 1.165) is 35.1 Å². The Morgan fingerprint density at radius 2 is 1.81 bits per heavy atom. The Morgan fingerprint density at radius 3 is 2.52 bits per heavy atom. The molecule has 2 aromatic carbocycles. The van der Waals surface area contributed by atoms with E-state index in [-0.39, 0.29) is 17.2 Å². The molecule has 6 nitrogen and oxygen atoms in total. The van der Waals surface area contributed by atoms with Gasteiger partial charge in [0.05, 0.1) is 6.04 Å². The van der Waals surface area contributed by atoms with Crippen LogP contribution in [-0.4, -0.2) is 26.0 Å². The number of hydrogen-bond acceptors (Lipinski definition) is 5. The quantitative estimate of drug-likeness (QED) is 0.708. The minimum absolute atomic E-state index is 0.0566. The molecule has 138 valence electrons. The molecule has 0 saturated heterocycles. The van der Waals surface area contributed by atoms with Crippen molar-refractivity contribution in [3.8, 4) is 0 Å². The Bertz CT molecular complexity index is 913. The highest BCUT2D eigenvalue weighted by atomic mass is 32.2. The first-order valence-electron chi connectivity index (χ1n) is 9.04. The lowest BCUT2D eigenvalue weighted by molar-refractivity contribution is -0.116. The van der Waals surface area contributed by atoms with Gasteiger partial charge in [0.15, 0.2) is 5.82 Å². The standard InChI is InChI=1S/C20H21N5OS/c1-2-9-16-22-23-20-25(16)24-17(14-10-5-3-6-11-14)18(27-20)19(26)21-15-12-7-4-8-13-15/h3-8,10-13,17-18,24H,2,9H2,1H3,(H,21,26)/t17-,18+/m0/s1. The van der Waals surface area contributed by atoms with Crippen LogP contribution in [0.5, 0.6) is 0 Å². The number of carbonyl (C=O) groups is 1. The number of amides is 1. The Hall–Kier alpha value is -2.80. The number of carbonyl (C=O) groups excluding carboxylic acids is 1. The first-order chi connectivity index (χ1) is 13.3. The Morgan fingerprint density at radius 1 is 1.11 bits per heavy atom. The summed E-state index contributed by atoms with van der Waals surface area (Å²) < 4.78 is 1.93. The van der Waals surface area contributed by atoms with Crippen LogP contribution in [0.15, 0.2) is 65.8 Å². The Kier molecular flexibility index (Phi) is 5.11. The van der Waals surface area contributed by atoms with Crippen molar-refractivity contribution in [3.63, 3.8) is 0 Å². The molecule has 0 unspecified atom stereocenters. The van der Waals surface area contributed by atoms with Crippen molar-refractivity contribution in [1.29, 1.82) is 0 Å². The number of anilines is 1. The van der Waals surface area contributed by atoms with Crippen LogP contribution in [-0.2, 0) is 11.2 Å². The Labute approximate surface area is 162 Å². The van der Waals surface area contributed by atoms with Crippen molar-refractivity contribution in [3.05, 3.63) is 72.1 Å². The normalized spacial score (nSPS) is 18.4. The maximum Gasteiger partial charge on any atom is 0.240 e. The lowest BCUT2D eigenvalue weighted by Crippen LogP contribution is -2.41. The predicted molar refractivity (Wildman–Crippen MR) is 107 cm³/mol. The predicted octanol–water partition coefficient (Wildman–Crippen LogP) is 3.63. The van der Waals surface area contributed by atoms with Gasteiger partial charge in [-0.3, -0.25) is 4.79 Å². The highest BCUT2D eigenvalue weighted by molar-refractivity contribution is 8.00. The number of thioether (sulfide) groups is 1. The monoisotopic (exact) mass is 379 g/mol. The van der Waals surface area contributed by atoms with E-state index in [0.29, 0.717) is 0 Å². The minimum atomic E-state index is -0.362. The van der Waals surface area contributed by atoms with Gasteiger partial charge in [0, 0.05) is 12.1 Å². The molecule has 7 heteroatoms. The highest BCUT2D eigenvalue weighted by Crippen LogP contribution is 2.37. The summed E-state index contributed by atoms with van der Waals surface area (Å²) in [6.07, 6.45) is 1.82. The van der Waals surface area contributed by atoms with Crippen LogP contribution < -0.4 is 10.7 Å². The van der Waals surface area contributed by atoms with Crippen LogP contribution in [0.3, 0.4) is 0 Å². The van der Waals surface area contributed by atoms with Crippen LogP contribution in [0.4, 0.5) is 5.69 Å². The highest BCUT2D eigenvalue weighted by Gasteiger charge is 2.37. The molecule has 1 aromatic heterocycles. The van der Waals surface area contributed by atoms with Gasteiger partial charge < -0.3 is 10.7 Å². The van der Waals surface area contributed by atoms with E-state index in [1.165, 1.54) is 11.8 Å². The zero-order valence-electron chi connectivity index (χ0n) is 15.0. The fourth-order valence-corrected chi connectivity index (χ4v) is 4.23. The number of aryl methyl sites for hydroxylation is 1. The number of nitrogens with zero attached hydrogens (tertiary/aromatic N) is 3. The molecule has 0 fully saturated rings. The summed E-state index contributed by atoms with van der Waals surface area (Å²) in [5.41, 5.74) is 5.31. The molecular weight excluding hydrogens is 358 g/mol. The van der Waals surface area contributed by atoms with Crippen LogP contribution in [0.2, 0.25) is 0 Å². The zero-order valence-corrected chi connectivity index (χ0v) is 15.8. The molecule has 1 aliphatic rings. The van der Waals surface area contributed by atoms with Gasteiger partial charge in [0.1, 0.15) is 5.25 Å². The van der Waals surface area contributed by atoms with Gasteiger partial charge in [-0.05, 0) is 24.1 Å². The molecular formula is C20H21N5OS. The fraction of sp³-hybridized carbons (Fsp3) is 0.250. The van der Waals surface area contributed by atoms with Crippen LogP contribution in [0.25, 0.3) is 0 Å². The third kappa shape index (κ3) is 3.68. The second-order valence-electron chi connectivity index (χ2n) is 6.40. The van der Waals surface area contributed by atoms with Gasteiger partial charge in [0.2, 0.25) is 11.1 Å². The molecule has 0 radical (unpaired) electrons. The summed E-state index contributed by atoms with van der Waals surface area (Å²) >= 11 is 1.45. The molecule has 4 rings (SSSR count). The van der Waals surface area contributed by atoms with Crippen LogP contribution >= 0.6 is 11.8 Å². The maximum atomic E-state index is 13.1. The van der Waals surface area contributed by atoms with Crippen molar-refractivity contribution in [1.82, 2.24) is 14.9 Å². The number of rotatable bonds is 5. The second-order valence-corrected chi connectivity index (χ2v) is 7.50. The number of fused-ring (bicyclic) bond motifs is 1. The molecule has 0 saturated carbocycles. The third-order valence-corrected chi connectivity index (χ3v) is 5.65. The average molecular weight is 379 g/mol. The van der Waals surface area contributed by atoms with E-state index < -0.39 is 0 Å². The van der Waals surface area contributed by atoms with E-state index in [4.69, 9.17) is 0 Å². The third-order valence-electron chi connectivity index (χ3n) is 4.44. The zero-order chi connectivity index (χ0) is 18.6. The van der Waals surface area contributed by atoms with Gasteiger partial charge in [-0.15, -0.1) is 10.2 Å². The molecule has 2 atom stereocenters. The number of aromatic nitrogens is 3. The van der Waals surface area contributed by atoms with Crippen LogP contribution in [0, 0.1) is 0 Å². The first kappa shape index (κ1) is 17.6. The number of benzene rings is 2. The summed E-state index contributed by atoms with van der Waals surface area (Å²) in [6.45, 7) is 2.11. The molecule has 27 heavy (non-hydrogen) atoms. The molecule has 0 spiro atoms. The number of nitrogens with one attached hydrogen (secondary N) is 2. The molecule has 0 aliphatic carbocycles. The van der Waals surface area contributed by atoms with Gasteiger partial charge in [-0.2, -0.15) is 0 Å². The fourth-order valence-electron chi connectivity index (χ4n) is 3.13. The summed E-state index contributed by atoms with van der Waals surface area (Å²) in [6, 6.07) is 19.4. The maximum absolute atomic E-state index is 13.1. The topological polar surface area (TPSA) is 71.8 Å². The van der Waals surface area contributed by atoms with Crippen molar-refractivity contribution >= 4 is 23.4 Å². The van der Waals surface area contributed by atoms with Crippen molar-refractivity contribution < 1.29 is 4.79 Å². The summed E-state index contributed by atoms with van der Waals surface area (Å²) in [4.78, 5) is 13.1. The summed E-state index contributed by atoms with van der Waals surface area (Å²) in [5, 5.41) is 11.9. The van der Waals surface area contributed by atoms with E-state index in [1.54, 1.807) is 0 Å². The molecule has 2 heterocycles. The molecule has 0 bridgehead atoms. The van der Waals surface area contributed by atoms with E-state index in [9.17, 15) is 4.79 Å². The van der Waals surface area contributed by atoms with Crippen molar-refractivity contribution in [2.24, 2.45) is 0 Å². The summed E-state index contributed by atoms with van der Waals surface area (Å²) in [5.74, 6) is 0.835. The SMILES string of the molecule is CCCc1nnc2n1N[C@@H](c1ccccc1)[C@H](C(=O)Nc1ccccc1)S2. The summed E-state index contributed by atoms with van der Waals surface area (Å²) in [7, 11) is 0. The average Bonchev–Trinajstić information content (AvgIpc) is 3.11. The number of hydrogen-bond donors (Lipinski definition) is 2. The molecule has 2 N–H and O–H groups in total. The van der Waals surface area contributed by atoms with Crippen LogP contribution in [0.1, 0.15) is 30.8 Å². The lowest BCUT2D eigenvalue weighted by Gasteiger charge is -2.33.